The van der Waals surface area contributed by atoms with E-state index in [1.165, 1.54) is 0 Å². The first-order valence-corrected chi connectivity index (χ1v) is 5.39. The summed E-state index contributed by atoms with van der Waals surface area (Å²) in [5.41, 5.74) is 0.201. The van der Waals surface area contributed by atoms with Gasteiger partial charge in [-0.2, -0.15) is 0 Å². The first-order valence-electron chi connectivity index (χ1n) is 5.39. The highest BCUT2D eigenvalue weighted by molar-refractivity contribution is 5.78. The minimum atomic E-state index is -0.830. The Morgan fingerprint density at radius 2 is 2.25 bits per heavy atom. The SMILES string of the molecule is CCC(C)(C(=O)O)N(C)Cc1ccoc1C. The number of furan rings is 1. The predicted octanol–water partition coefficient (Wildman–Crippen LogP) is 2.27. The van der Waals surface area contributed by atoms with E-state index >= 15 is 0 Å². The van der Waals surface area contributed by atoms with Crippen molar-refractivity contribution in [3.63, 3.8) is 0 Å². The third-order valence-electron chi connectivity index (χ3n) is 3.37. The van der Waals surface area contributed by atoms with E-state index in [1.54, 1.807) is 13.2 Å². The van der Waals surface area contributed by atoms with Gasteiger partial charge in [-0.05, 0) is 33.4 Å². The summed E-state index contributed by atoms with van der Waals surface area (Å²) in [4.78, 5) is 13.1. The summed E-state index contributed by atoms with van der Waals surface area (Å²) in [6.07, 6.45) is 2.19. The van der Waals surface area contributed by atoms with Crippen molar-refractivity contribution in [2.75, 3.05) is 7.05 Å². The molecule has 1 aromatic heterocycles. The van der Waals surface area contributed by atoms with E-state index in [0.29, 0.717) is 13.0 Å². The van der Waals surface area contributed by atoms with Crippen LogP contribution < -0.4 is 0 Å². The summed E-state index contributed by atoms with van der Waals surface area (Å²) < 4.78 is 5.20. The molecule has 0 saturated heterocycles. The van der Waals surface area contributed by atoms with Crippen LogP contribution in [0.1, 0.15) is 31.6 Å². The first kappa shape index (κ1) is 12.8. The third-order valence-corrected chi connectivity index (χ3v) is 3.37. The lowest BCUT2D eigenvalue weighted by atomic mass is 9.96. The van der Waals surface area contributed by atoms with Gasteiger partial charge in [-0.1, -0.05) is 6.92 Å². The summed E-state index contributed by atoms with van der Waals surface area (Å²) in [6, 6.07) is 1.88. The largest absolute Gasteiger partial charge is 0.480 e. The van der Waals surface area contributed by atoms with E-state index in [-0.39, 0.29) is 0 Å². The van der Waals surface area contributed by atoms with Gasteiger partial charge in [0.05, 0.1) is 6.26 Å². The van der Waals surface area contributed by atoms with Crippen molar-refractivity contribution >= 4 is 5.97 Å². The molecule has 0 saturated carbocycles. The molecule has 0 amide bonds. The Hall–Kier alpha value is -1.29. The maximum atomic E-state index is 11.2. The van der Waals surface area contributed by atoms with Crippen LogP contribution in [0.25, 0.3) is 0 Å². The Morgan fingerprint density at radius 1 is 1.62 bits per heavy atom. The number of hydrogen-bond donors (Lipinski definition) is 1. The highest BCUT2D eigenvalue weighted by Crippen LogP contribution is 2.22. The van der Waals surface area contributed by atoms with Crippen molar-refractivity contribution in [2.45, 2.75) is 39.3 Å². The number of carboxylic acids is 1. The normalized spacial score (nSPS) is 15.1. The first-order chi connectivity index (χ1) is 7.41. The number of carboxylic acid groups (broad SMARTS) is 1. The van der Waals surface area contributed by atoms with Gasteiger partial charge in [0.1, 0.15) is 11.3 Å². The van der Waals surface area contributed by atoms with Crippen LogP contribution in [0.3, 0.4) is 0 Å². The molecule has 1 aromatic rings. The van der Waals surface area contributed by atoms with Crippen molar-refractivity contribution in [1.29, 1.82) is 0 Å². The van der Waals surface area contributed by atoms with Crippen molar-refractivity contribution in [3.8, 4) is 0 Å². The molecule has 1 unspecified atom stereocenters. The predicted molar refractivity (Wildman–Crippen MR) is 61.2 cm³/mol. The van der Waals surface area contributed by atoms with E-state index in [9.17, 15) is 9.90 Å². The number of hydrogen-bond acceptors (Lipinski definition) is 3. The Morgan fingerprint density at radius 3 is 2.62 bits per heavy atom. The molecule has 0 aromatic carbocycles. The zero-order valence-corrected chi connectivity index (χ0v) is 10.3. The Kier molecular flexibility index (Phi) is 3.75. The van der Waals surface area contributed by atoms with Gasteiger partial charge in [-0.25, -0.2) is 0 Å². The van der Waals surface area contributed by atoms with E-state index in [2.05, 4.69) is 0 Å². The van der Waals surface area contributed by atoms with Crippen LogP contribution in [0.5, 0.6) is 0 Å². The van der Waals surface area contributed by atoms with E-state index in [4.69, 9.17) is 4.42 Å². The molecule has 0 fully saturated rings. The van der Waals surface area contributed by atoms with E-state index in [0.717, 1.165) is 11.3 Å². The number of likely N-dealkylation sites (N-methyl/N-ethyl adjacent to an activating group) is 1. The molecule has 0 aliphatic rings. The molecule has 0 aliphatic carbocycles. The second-order valence-electron chi connectivity index (χ2n) is 4.29. The smallest absolute Gasteiger partial charge is 0.323 e. The molecule has 1 heterocycles. The Labute approximate surface area is 95.9 Å². The zero-order chi connectivity index (χ0) is 12.3. The van der Waals surface area contributed by atoms with Crippen LogP contribution in [0.15, 0.2) is 16.7 Å². The van der Waals surface area contributed by atoms with Crippen molar-refractivity contribution in [2.24, 2.45) is 0 Å². The summed E-state index contributed by atoms with van der Waals surface area (Å²) in [5.74, 6) is 0.0503. The average molecular weight is 225 g/mol. The molecule has 0 spiro atoms. The highest BCUT2D eigenvalue weighted by Gasteiger charge is 2.35. The van der Waals surface area contributed by atoms with Gasteiger partial charge < -0.3 is 9.52 Å². The molecule has 1 N–H and O–H groups in total. The number of carbonyl (C=O) groups is 1. The molecule has 0 aliphatic heterocycles. The maximum Gasteiger partial charge on any atom is 0.323 e. The molecule has 16 heavy (non-hydrogen) atoms. The Bertz CT molecular complexity index is 372. The van der Waals surface area contributed by atoms with Crippen molar-refractivity contribution in [1.82, 2.24) is 4.90 Å². The van der Waals surface area contributed by atoms with Gasteiger partial charge in [0, 0.05) is 12.1 Å². The van der Waals surface area contributed by atoms with Gasteiger partial charge >= 0.3 is 5.97 Å². The minimum absolute atomic E-state index is 0.565. The lowest BCUT2D eigenvalue weighted by Gasteiger charge is -2.34. The second kappa shape index (κ2) is 4.70. The van der Waals surface area contributed by atoms with Crippen LogP contribution >= 0.6 is 0 Å². The summed E-state index contributed by atoms with van der Waals surface area (Å²) in [7, 11) is 1.82. The third kappa shape index (κ3) is 2.27. The number of nitrogens with zero attached hydrogens (tertiary/aromatic N) is 1. The Balaban J connectivity index is 2.82. The second-order valence-corrected chi connectivity index (χ2v) is 4.29. The number of rotatable bonds is 5. The van der Waals surface area contributed by atoms with Crippen LogP contribution in [0.2, 0.25) is 0 Å². The lowest BCUT2D eigenvalue weighted by Crippen LogP contribution is -2.49. The topological polar surface area (TPSA) is 53.7 Å². The number of aliphatic carboxylic acids is 1. The fourth-order valence-corrected chi connectivity index (χ4v) is 1.59. The molecule has 0 bridgehead atoms. The van der Waals surface area contributed by atoms with E-state index in [1.807, 2.05) is 31.9 Å². The standard InChI is InChI=1S/C12H19NO3/c1-5-12(3,11(14)15)13(4)8-10-6-7-16-9(10)2/h6-7H,5,8H2,1-4H3,(H,14,15). The fraction of sp³-hybridized carbons (Fsp3) is 0.583. The molecule has 4 nitrogen and oxygen atoms in total. The monoisotopic (exact) mass is 225 g/mol. The lowest BCUT2D eigenvalue weighted by molar-refractivity contribution is -0.150. The van der Waals surface area contributed by atoms with Crippen LogP contribution in [-0.4, -0.2) is 28.6 Å². The van der Waals surface area contributed by atoms with Crippen molar-refractivity contribution < 1.29 is 14.3 Å². The molecule has 90 valence electrons. The summed E-state index contributed by atoms with van der Waals surface area (Å²) >= 11 is 0. The van der Waals surface area contributed by atoms with Crippen LogP contribution in [0.4, 0.5) is 0 Å². The highest BCUT2D eigenvalue weighted by atomic mass is 16.4. The van der Waals surface area contributed by atoms with Crippen molar-refractivity contribution in [3.05, 3.63) is 23.7 Å². The number of aryl methyl sites for hydroxylation is 1. The van der Waals surface area contributed by atoms with Gasteiger partial charge in [0.2, 0.25) is 0 Å². The van der Waals surface area contributed by atoms with Gasteiger partial charge in [-0.3, -0.25) is 9.69 Å². The molecule has 4 heteroatoms. The molecule has 1 rings (SSSR count). The van der Waals surface area contributed by atoms with Crippen LogP contribution in [0, 0.1) is 6.92 Å². The van der Waals surface area contributed by atoms with Gasteiger partial charge in [-0.15, -0.1) is 0 Å². The molecule has 1 atom stereocenters. The van der Waals surface area contributed by atoms with Gasteiger partial charge in [0.25, 0.3) is 0 Å². The molecular formula is C12H19NO3. The molecule has 0 radical (unpaired) electrons. The maximum absolute atomic E-state index is 11.2. The quantitative estimate of drug-likeness (QED) is 0.835. The zero-order valence-electron chi connectivity index (χ0n) is 10.3. The van der Waals surface area contributed by atoms with Gasteiger partial charge in [0.15, 0.2) is 0 Å². The minimum Gasteiger partial charge on any atom is -0.480 e. The summed E-state index contributed by atoms with van der Waals surface area (Å²) in [6.45, 7) is 6.09. The average Bonchev–Trinajstić information content (AvgIpc) is 2.62. The van der Waals surface area contributed by atoms with E-state index < -0.39 is 11.5 Å². The summed E-state index contributed by atoms with van der Waals surface area (Å²) in [5, 5.41) is 9.24. The van der Waals surface area contributed by atoms with Crippen LogP contribution in [-0.2, 0) is 11.3 Å². The fourth-order valence-electron chi connectivity index (χ4n) is 1.59. The molecular weight excluding hydrogens is 206 g/mol.